The van der Waals surface area contributed by atoms with Crippen molar-refractivity contribution in [2.24, 2.45) is 17.8 Å². The number of ether oxygens (including phenoxy) is 1. The molecule has 4 atom stereocenters. The van der Waals surface area contributed by atoms with E-state index in [0.29, 0.717) is 12.8 Å². The fraction of sp³-hybridized carbons (Fsp3) is 0.625. The Morgan fingerprint density at radius 1 is 1.17 bits per heavy atom. The van der Waals surface area contributed by atoms with Gasteiger partial charge in [0.25, 0.3) is 0 Å². The van der Waals surface area contributed by atoms with Gasteiger partial charge in [-0.3, -0.25) is 9.59 Å². The Balaban J connectivity index is 2.43. The molecule has 0 saturated carbocycles. The van der Waals surface area contributed by atoms with Crippen molar-refractivity contribution in [2.75, 3.05) is 6.54 Å². The maximum atomic E-state index is 13.6. The van der Waals surface area contributed by atoms with Crippen LogP contribution in [0.2, 0.25) is 0 Å². The number of aliphatic hydroxyl groups excluding tert-OH is 1. The number of likely N-dealkylation sites (tertiary alicyclic amines) is 1. The second kappa shape index (κ2) is 10.7. The maximum absolute atomic E-state index is 13.6. The minimum Gasteiger partial charge on any atom is -0.461 e. The predicted octanol–water partition coefficient (Wildman–Crippen LogP) is 3.01. The van der Waals surface area contributed by atoms with E-state index in [9.17, 15) is 19.5 Å². The molecule has 4 unspecified atom stereocenters. The first-order chi connectivity index (χ1) is 14.1. The zero-order valence-electron chi connectivity index (χ0n) is 18.7. The average Bonchev–Trinajstić information content (AvgIpc) is 2.67. The normalized spacial score (nSPS) is 24.0. The van der Waals surface area contributed by atoms with Gasteiger partial charge in [0, 0.05) is 19.4 Å². The highest BCUT2D eigenvalue weighted by Gasteiger charge is 2.42. The van der Waals surface area contributed by atoms with Crippen molar-refractivity contribution in [3.8, 4) is 0 Å². The lowest BCUT2D eigenvalue weighted by Gasteiger charge is -2.38. The van der Waals surface area contributed by atoms with Crippen LogP contribution in [0.5, 0.6) is 0 Å². The number of hydrogen-bond donors (Lipinski definition) is 1. The molecular weight excluding hydrogens is 382 g/mol. The van der Waals surface area contributed by atoms with Crippen LogP contribution in [0.4, 0.5) is 0 Å². The number of amides is 1. The molecule has 2 rings (SSSR count). The standard InChI is InChI=1S/C24H35NO5/c1-15(2)11-19-22(27)21(26)12-17(5)14-25(23(19)28)20(24(29)30-16(3)4)13-18-9-7-6-8-10-18/h6-10,15-17,19-20,22,27H,11-14H2,1-5H3. The number of nitrogens with zero attached hydrogens (tertiary/aromatic N) is 1. The molecule has 1 fully saturated rings. The van der Waals surface area contributed by atoms with E-state index < -0.39 is 24.0 Å². The molecular formula is C24H35NO5. The first-order valence-electron chi connectivity index (χ1n) is 10.9. The number of benzene rings is 1. The first-order valence-corrected chi connectivity index (χ1v) is 10.9. The van der Waals surface area contributed by atoms with Gasteiger partial charge in [-0.1, -0.05) is 51.1 Å². The second-order valence-corrected chi connectivity index (χ2v) is 9.14. The highest BCUT2D eigenvalue weighted by Crippen LogP contribution is 2.27. The number of rotatable bonds is 7. The van der Waals surface area contributed by atoms with Crippen LogP contribution in [0, 0.1) is 17.8 Å². The van der Waals surface area contributed by atoms with Crippen LogP contribution < -0.4 is 0 Å². The average molecular weight is 418 g/mol. The molecule has 1 aromatic carbocycles. The van der Waals surface area contributed by atoms with E-state index in [1.165, 1.54) is 0 Å². The van der Waals surface area contributed by atoms with Crippen LogP contribution in [-0.2, 0) is 25.5 Å². The number of carbonyl (C=O) groups excluding carboxylic acids is 3. The molecule has 6 heteroatoms. The van der Waals surface area contributed by atoms with Crippen LogP contribution in [0.3, 0.4) is 0 Å². The number of esters is 1. The van der Waals surface area contributed by atoms with E-state index in [4.69, 9.17) is 4.74 Å². The lowest BCUT2D eigenvalue weighted by Crippen LogP contribution is -2.55. The van der Waals surface area contributed by atoms with Crippen molar-refractivity contribution in [1.82, 2.24) is 4.90 Å². The zero-order chi connectivity index (χ0) is 22.4. The van der Waals surface area contributed by atoms with Gasteiger partial charge in [-0.05, 0) is 37.7 Å². The van der Waals surface area contributed by atoms with Crippen molar-refractivity contribution in [2.45, 2.75) is 72.1 Å². The molecule has 6 nitrogen and oxygen atoms in total. The molecule has 0 radical (unpaired) electrons. The summed E-state index contributed by atoms with van der Waals surface area (Å²) in [6.45, 7) is 9.59. The van der Waals surface area contributed by atoms with Crippen LogP contribution >= 0.6 is 0 Å². The number of carbonyl (C=O) groups is 3. The van der Waals surface area contributed by atoms with Crippen molar-refractivity contribution in [1.29, 1.82) is 0 Å². The Hall–Kier alpha value is -2.21. The van der Waals surface area contributed by atoms with Crippen molar-refractivity contribution in [3.63, 3.8) is 0 Å². The number of ketones is 1. The second-order valence-electron chi connectivity index (χ2n) is 9.14. The van der Waals surface area contributed by atoms with Gasteiger partial charge < -0.3 is 14.7 Å². The van der Waals surface area contributed by atoms with Gasteiger partial charge >= 0.3 is 5.97 Å². The monoisotopic (exact) mass is 417 g/mol. The highest BCUT2D eigenvalue weighted by molar-refractivity contribution is 5.93. The van der Waals surface area contributed by atoms with Gasteiger partial charge in [0.2, 0.25) is 5.91 Å². The Labute approximate surface area is 179 Å². The summed E-state index contributed by atoms with van der Waals surface area (Å²) in [5.41, 5.74) is 0.919. The summed E-state index contributed by atoms with van der Waals surface area (Å²) in [5, 5.41) is 10.6. The maximum Gasteiger partial charge on any atom is 0.329 e. The molecule has 0 spiro atoms. The summed E-state index contributed by atoms with van der Waals surface area (Å²) in [6.07, 6.45) is -0.770. The Morgan fingerprint density at radius 3 is 2.37 bits per heavy atom. The summed E-state index contributed by atoms with van der Waals surface area (Å²) >= 11 is 0. The minimum absolute atomic E-state index is 0.121. The molecule has 0 aromatic heterocycles. The number of hydrogen-bond acceptors (Lipinski definition) is 5. The van der Waals surface area contributed by atoms with Gasteiger partial charge in [0.1, 0.15) is 12.1 Å². The van der Waals surface area contributed by atoms with E-state index in [2.05, 4.69) is 0 Å². The summed E-state index contributed by atoms with van der Waals surface area (Å²) in [6, 6.07) is 8.70. The third-order valence-corrected chi connectivity index (χ3v) is 5.37. The summed E-state index contributed by atoms with van der Waals surface area (Å²) in [5.74, 6) is -2.01. The van der Waals surface area contributed by atoms with Gasteiger partial charge in [0.05, 0.1) is 12.0 Å². The molecule has 1 saturated heterocycles. The molecule has 1 heterocycles. The van der Waals surface area contributed by atoms with Crippen LogP contribution in [0.15, 0.2) is 30.3 Å². The van der Waals surface area contributed by atoms with Gasteiger partial charge in [0.15, 0.2) is 5.78 Å². The minimum atomic E-state index is -1.34. The largest absolute Gasteiger partial charge is 0.461 e. The lowest BCUT2D eigenvalue weighted by atomic mass is 9.83. The number of Topliss-reactive ketones (excluding diaryl/α,β-unsaturated/α-hetero) is 1. The SMILES string of the molecule is CC(C)CC1C(=O)N(C(Cc2ccccc2)C(=O)OC(C)C)CC(C)CC(=O)C1O. The van der Waals surface area contributed by atoms with Crippen molar-refractivity contribution < 1.29 is 24.2 Å². The van der Waals surface area contributed by atoms with Gasteiger partial charge in [-0.15, -0.1) is 0 Å². The molecule has 0 aliphatic carbocycles. The molecule has 1 amide bonds. The molecule has 0 bridgehead atoms. The topological polar surface area (TPSA) is 83.9 Å². The smallest absolute Gasteiger partial charge is 0.329 e. The van der Waals surface area contributed by atoms with Crippen LogP contribution in [0.25, 0.3) is 0 Å². The Bertz CT molecular complexity index is 730. The first kappa shape index (κ1) is 24.1. The zero-order valence-corrected chi connectivity index (χ0v) is 18.7. The van der Waals surface area contributed by atoms with E-state index >= 15 is 0 Å². The molecule has 1 N–H and O–H groups in total. The summed E-state index contributed by atoms with van der Waals surface area (Å²) in [4.78, 5) is 40.6. The lowest BCUT2D eigenvalue weighted by molar-refractivity contribution is -0.163. The van der Waals surface area contributed by atoms with Crippen LogP contribution in [0.1, 0.15) is 53.0 Å². The van der Waals surface area contributed by atoms with Crippen molar-refractivity contribution >= 4 is 17.7 Å². The summed E-state index contributed by atoms with van der Waals surface area (Å²) in [7, 11) is 0. The molecule has 1 aliphatic rings. The molecule has 166 valence electrons. The Morgan fingerprint density at radius 2 is 1.80 bits per heavy atom. The number of aliphatic hydroxyl groups is 1. The van der Waals surface area contributed by atoms with Crippen LogP contribution in [-0.4, -0.2) is 52.5 Å². The molecule has 1 aromatic rings. The van der Waals surface area contributed by atoms with Crippen molar-refractivity contribution in [3.05, 3.63) is 35.9 Å². The third-order valence-electron chi connectivity index (χ3n) is 5.37. The highest BCUT2D eigenvalue weighted by atomic mass is 16.5. The Kier molecular flexibility index (Phi) is 8.59. The molecule has 30 heavy (non-hydrogen) atoms. The fourth-order valence-electron chi connectivity index (χ4n) is 4.01. The van der Waals surface area contributed by atoms with E-state index in [1.807, 2.05) is 51.1 Å². The summed E-state index contributed by atoms with van der Waals surface area (Å²) < 4.78 is 5.50. The van der Waals surface area contributed by atoms with E-state index in [1.54, 1.807) is 18.7 Å². The predicted molar refractivity (Wildman–Crippen MR) is 115 cm³/mol. The fourth-order valence-corrected chi connectivity index (χ4v) is 4.01. The van der Waals surface area contributed by atoms with Gasteiger partial charge in [-0.2, -0.15) is 0 Å². The van der Waals surface area contributed by atoms with E-state index in [0.717, 1.165) is 5.56 Å². The van der Waals surface area contributed by atoms with Gasteiger partial charge in [-0.25, -0.2) is 4.79 Å². The van der Waals surface area contributed by atoms with E-state index in [-0.39, 0.29) is 42.6 Å². The quantitative estimate of drug-likeness (QED) is 0.690. The third kappa shape index (κ3) is 6.39. The molecule has 1 aliphatic heterocycles.